The number of carbonyl (C=O) groups excluding carboxylic acids is 1. The molecule has 1 aliphatic heterocycles. The Labute approximate surface area is 174 Å². The van der Waals surface area contributed by atoms with Crippen molar-refractivity contribution in [1.82, 2.24) is 4.90 Å². The van der Waals surface area contributed by atoms with Crippen LogP contribution in [0.4, 0.5) is 11.4 Å². The van der Waals surface area contributed by atoms with Crippen molar-refractivity contribution in [2.24, 2.45) is 0 Å². The van der Waals surface area contributed by atoms with Gasteiger partial charge in [-0.25, -0.2) is 8.42 Å². The Morgan fingerprint density at radius 3 is 2.57 bits per heavy atom. The van der Waals surface area contributed by atoms with E-state index < -0.39 is 14.9 Å². The van der Waals surface area contributed by atoms with Gasteiger partial charge < -0.3 is 9.64 Å². The number of hydrogen-bond donors (Lipinski definition) is 1. The highest BCUT2D eigenvalue weighted by Crippen LogP contribution is 2.24. The number of hydrogen-bond acceptors (Lipinski definition) is 6. The molecule has 0 aliphatic carbocycles. The van der Waals surface area contributed by atoms with Gasteiger partial charge in [-0.15, -0.1) is 0 Å². The SMILES string of the molecule is Cc1ccc(S(=O)(=O)Nc2ccc(C(=O)N(C)CC3CCCO3)cc2)cc1[N+](=O)[O-]. The third-order valence-electron chi connectivity index (χ3n) is 4.92. The average Bonchev–Trinajstić information content (AvgIpc) is 3.20. The summed E-state index contributed by atoms with van der Waals surface area (Å²) in [6.45, 7) is 2.75. The van der Waals surface area contributed by atoms with E-state index >= 15 is 0 Å². The Morgan fingerprint density at radius 2 is 1.97 bits per heavy atom. The summed E-state index contributed by atoms with van der Waals surface area (Å²) < 4.78 is 33.1. The minimum atomic E-state index is -4.02. The average molecular weight is 433 g/mol. The van der Waals surface area contributed by atoms with Crippen molar-refractivity contribution in [1.29, 1.82) is 0 Å². The minimum absolute atomic E-state index is 0.0450. The summed E-state index contributed by atoms with van der Waals surface area (Å²) >= 11 is 0. The topological polar surface area (TPSA) is 119 Å². The number of likely N-dealkylation sites (N-methyl/N-ethyl adjacent to an activating group) is 1. The molecule has 10 heteroatoms. The lowest BCUT2D eigenvalue weighted by Gasteiger charge is -2.21. The number of ether oxygens (including phenoxy) is 1. The number of nitrogens with one attached hydrogen (secondary N) is 1. The molecule has 2 aromatic rings. The lowest BCUT2D eigenvalue weighted by Crippen LogP contribution is -2.34. The van der Waals surface area contributed by atoms with Crippen LogP contribution in [0.15, 0.2) is 47.4 Å². The van der Waals surface area contributed by atoms with Crippen molar-refractivity contribution in [2.45, 2.75) is 30.8 Å². The van der Waals surface area contributed by atoms with Gasteiger partial charge in [-0.05, 0) is 50.1 Å². The largest absolute Gasteiger partial charge is 0.376 e. The normalized spacial score (nSPS) is 16.3. The first-order valence-corrected chi connectivity index (χ1v) is 10.9. The molecule has 1 amide bonds. The van der Waals surface area contributed by atoms with E-state index in [4.69, 9.17) is 4.74 Å². The van der Waals surface area contributed by atoms with E-state index in [-0.39, 0.29) is 28.3 Å². The first-order chi connectivity index (χ1) is 14.2. The van der Waals surface area contributed by atoms with Crippen molar-refractivity contribution in [3.05, 3.63) is 63.7 Å². The first-order valence-electron chi connectivity index (χ1n) is 9.42. The van der Waals surface area contributed by atoms with E-state index in [1.807, 2.05) is 0 Å². The molecule has 160 valence electrons. The van der Waals surface area contributed by atoms with Crippen LogP contribution in [0, 0.1) is 17.0 Å². The van der Waals surface area contributed by atoms with E-state index in [0.29, 0.717) is 24.3 Å². The molecule has 0 spiro atoms. The molecule has 1 aliphatic rings. The zero-order chi connectivity index (χ0) is 21.9. The number of benzene rings is 2. The summed E-state index contributed by atoms with van der Waals surface area (Å²) in [6, 6.07) is 9.74. The maximum absolute atomic E-state index is 12.6. The predicted molar refractivity (Wildman–Crippen MR) is 111 cm³/mol. The van der Waals surface area contributed by atoms with Crippen molar-refractivity contribution in [3.8, 4) is 0 Å². The third kappa shape index (κ3) is 4.95. The molecule has 1 unspecified atom stereocenters. The number of nitrogens with zero attached hydrogens (tertiary/aromatic N) is 2. The molecular formula is C20H23N3O6S. The van der Waals surface area contributed by atoms with E-state index in [1.165, 1.54) is 43.3 Å². The van der Waals surface area contributed by atoms with Crippen molar-refractivity contribution in [2.75, 3.05) is 24.9 Å². The van der Waals surface area contributed by atoms with Gasteiger partial charge in [0.2, 0.25) is 0 Å². The van der Waals surface area contributed by atoms with Gasteiger partial charge in [-0.1, -0.05) is 6.07 Å². The second kappa shape index (κ2) is 8.80. The van der Waals surface area contributed by atoms with Crippen LogP contribution in [-0.4, -0.2) is 50.5 Å². The molecule has 0 saturated carbocycles. The Bertz CT molecular complexity index is 1050. The van der Waals surface area contributed by atoms with Crippen LogP contribution in [-0.2, 0) is 14.8 Å². The molecular weight excluding hydrogens is 410 g/mol. The Kier molecular flexibility index (Phi) is 6.37. The molecule has 1 atom stereocenters. The third-order valence-corrected chi connectivity index (χ3v) is 6.30. The number of aryl methyl sites for hydroxylation is 1. The second-order valence-electron chi connectivity index (χ2n) is 7.21. The second-order valence-corrected chi connectivity index (χ2v) is 8.89. The fraction of sp³-hybridized carbons (Fsp3) is 0.350. The molecule has 1 saturated heterocycles. The van der Waals surface area contributed by atoms with Crippen molar-refractivity contribution >= 4 is 27.3 Å². The maximum atomic E-state index is 12.6. The van der Waals surface area contributed by atoms with Crippen LogP contribution in [0.2, 0.25) is 0 Å². The fourth-order valence-corrected chi connectivity index (χ4v) is 4.32. The zero-order valence-corrected chi connectivity index (χ0v) is 17.5. The maximum Gasteiger partial charge on any atom is 0.273 e. The molecule has 3 rings (SSSR count). The van der Waals surface area contributed by atoms with E-state index in [2.05, 4.69) is 4.72 Å². The number of amides is 1. The molecule has 9 nitrogen and oxygen atoms in total. The standard InChI is InChI=1S/C20H23N3O6S/c1-14-5-10-18(12-19(14)23(25)26)30(27,28)21-16-8-6-15(7-9-16)20(24)22(2)13-17-4-3-11-29-17/h5-10,12,17,21H,3-4,11,13H2,1-2H3. The highest BCUT2D eigenvalue weighted by Gasteiger charge is 2.22. The lowest BCUT2D eigenvalue weighted by atomic mass is 10.1. The van der Waals surface area contributed by atoms with Gasteiger partial charge in [0.1, 0.15) is 0 Å². The molecule has 1 fully saturated rings. The molecule has 0 radical (unpaired) electrons. The van der Waals surface area contributed by atoms with E-state index in [0.717, 1.165) is 18.9 Å². The van der Waals surface area contributed by atoms with Crippen LogP contribution in [0.5, 0.6) is 0 Å². The van der Waals surface area contributed by atoms with Gasteiger partial charge in [-0.3, -0.25) is 19.6 Å². The molecule has 1 heterocycles. The molecule has 1 N–H and O–H groups in total. The summed E-state index contributed by atoms with van der Waals surface area (Å²) in [7, 11) is -2.32. The molecule has 0 bridgehead atoms. The number of carbonyl (C=O) groups is 1. The van der Waals surface area contributed by atoms with Crippen LogP contribution in [0.25, 0.3) is 0 Å². The van der Waals surface area contributed by atoms with Crippen LogP contribution in [0.3, 0.4) is 0 Å². The van der Waals surface area contributed by atoms with Crippen LogP contribution < -0.4 is 4.72 Å². The molecule has 30 heavy (non-hydrogen) atoms. The summed E-state index contributed by atoms with van der Waals surface area (Å²) in [5.74, 6) is -0.186. The summed E-state index contributed by atoms with van der Waals surface area (Å²) in [6.07, 6.45) is 1.96. The summed E-state index contributed by atoms with van der Waals surface area (Å²) in [4.78, 5) is 24.4. The molecule has 2 aromatic carbocycles. The monoisotopic (exact) mass is 433 g/mol. The number of nitro groups is 1. The summed E-state index contributed by atoms with van der Waals surface area (Å²) in [5.41, 5.74) is 0.767. The Morgan fingerprint density at radius 1 is 1.27 bits per heavy atom. The number of nitro benzene ring substituents is 1. The van der Waals surface area contributed by atoms with Gasteiger partial charge >= 0.3 is 0 Å². The molecule has 0 aromatic heterocycles. The van der Waals surface area contributed by atoms with E-state index in [9.17, 15) is 23.3 Å². The highest BCUT2D eigenvalue weighted by atomic mass is 32.2. The summed E-state index contributed by atoms with van der Waals surface area (Å²) in [5, 5.41) is 11.1. The van der Waals surface area contributed by atoms with Gasteiger partial charge in [0.25, 0.3) is 21.6 Å². The van der Waals surface area contributed by atoms with Crippen LogP contribution in [0.1, 0.15) is 28.8 Å². The Hall–Kier alpha value is -2.98. The zero-order valence-electron chi connectivity index (χ0n) is 16.7. The lowest BCUT2D eigenvalue weighted by molar-refractivity contribution is -0.385. The van der Waals surface area contributed by atoms with Gasteiger partial charge in [0, 0.05) is 43.1 Å². The van der Waals surface area contributed by atoms with E-state index in [1.54, 1.807) is 11.9 Å². The van der Waals surface area contributed by atoms with Gasteiger partial charge in [0.05, 0.1) is 15.9 Å². The Balaban J connectivity index is 1.71. The number of anilines is 1. The van der Waals surface area contributed by atoms with Crippen molar-refractivity contribution < 1.29 is 22.9 Å². The number of sulfonamides is 1. The van der Waals surface area contributed by atoms with Gasteiger partial charge in [-0.2, -0.15) is 0 Å². The van der Waals surface area contributed by atoms with Crippen molar-refractivity contribution in [3.63, 3.8) is 0 Å². The first kappa shape index (κ1) is 21.7. The quantitative estimate of drug-likeness (QED) is 0.530. The smallest absolute Gasteiger partial charge is 0.273 e. The fourth-order valence-electron chi connectivity index (χ4n) is 3.25. The predicted octanol–water partition coefficient (Wildman–Crippen LogP) is 2.96. The number of rotatable bonds is 7. The minimum Gasteiger partial charge on any atom is -0.376 e. The highest BCUT2D eigenvalue weighted by molar-refractivity contribution is 7.92. The van der Waals surface area contributed by atoms with Crippen LogP contribution >= 0.6 is 0 Å². The van der Waals surface area contributed by atoms with Gasteiger partial charge in [0.15, 0.2) is 0 Å².